The van der Waals surface area contributed by atoms with Crippen LogP contribution >= 0.6 is 0 Å². The number of carbonyl (C=O) groups is 1. The highest BCUT2D eigenvalue weighted by Gasteiger charge is 2.62. The van der Waals surface area contributed by atoms with E-state index >= 15 is 0 Å². The first-order valence-electron chi connectivity index (χ1n) is 7.18. The first kappa shape index (κ1) is 19.3. The lowest BCUT2D eigenvalue weighted by molar-refractivity contribution is -0.147. The van der Waals surface area contributed by atoms with Crippen molar-refractivity contribution in [2.24, 2.45) is 17.3 Å². The Balaban J connectivity index is 2.18. The summed E-state index contributed by atoms with van der Waals surface area (Å²) in [7, 11) is 0. The van der Waals surface area contributed by atoms with Crippen LogP contribution in [0.4, 0.5) is 26.3 Å². The van der Waals surface area contributed by atoms with Crippen molar-refractivity contribution in [3.05, 3.63) is 46.6 Å². The molecule has 1 fully saturated rings. The summed E-state index contributed by atoms with van der Waals surface area (Å²) in [5.74, 6) is -9.97. The van der Waals surface area contributed by atoms with E-state index < -0.39 is 76.9 Å². The Morgan fingerprint density at radius 3 is 2.00 bits per heavy atom. The van der Waals surface area contributed by atoms with Gasteiger partial charge in [0.2, 0.25) is 0 Å². The fourth-order valence-corrected chi connectivity index (χ4v) is 2.80. The highest BCUT2D eigenvalue weighted by Crippen LogP contribution is 2.60. The van der Waals surface area contributed by atoms with Gasteiger partial charge in [0.15, 0.2) is 23.3 Å². The number of hydrogen-bond acceptors (Lipinski definition) is 3. The Bertz CT molecular complexity index is 711. The molecule has 0 aromatic heterocycles. The van der Waals surface area contributed by atoms with Crippen molar-refractivity contribution in [1.29, 1.82) is 0 Å². The van der Waals surface area contributed by atoms with Crippen LogP contribution in [-0.4, -0.2) is 11.1 Å². The van der Waals surface area contributed by atoms with Gasteiger partial charge in [-0.05, 0) is 11.5 Å². The number of halogens is 6. The summed E-state index contributed by atoms with van der Waals surface area (Å²) >= 11 is 0. The predicted molar refractivity (Wildman–Crippen MR) is 73.1 cm³/mol. The van der Waals surface area contributed by atoms with Crippen LogP contribution in [-0.2, 0) is 22.7 Å². The van der Waals surface area contributed by atoms with Gasteiger partial charge in [-0.1, -0.05) is 13.8 Å². The minimum absolute atomic E-state index is 0.586. The lowest BCUT2D eigenvalue weighted by Gasteiger charge is -2.11. The van der Waals surface area contributed by atoms with E-state index in [9.17, 15) is 31.1 Å². The number of esters is 1. The van der Waals surface area contributed by atoms with Crippen LogP contribution in [0.2, 0.25) is 0 Å². The number of allylic oxidation sites excluding steroid dienone is 1. The van der Waals surface area contributed by atoms with Crippen molar-refractivity contribution >= 4 is 5.97 Å². The molecular weight excluding hydrogens is 354 g/mol. The maximum Gasteiger partial charge on any atom is 0.310 e. The summed E-state index contributed by atoms with van der Waals surface area (Å²) in [4.78, 5) is 11.9. The third-order valence-electron chi connectivity index (χ3n) is 4.43. The van der Waals surface area contributed by atoms with Gasteiger partial charge in [0.05, 0.1) is 23.7 Å². The van der Waals surface area contributed by atoms with Gasteiger partial charge in [-0.2, -0.15) is 8.78 Å². The minimum atomic E-state index is -1.98. The summed E-state index contributed by atoms with van der Waals surface area (Å²) in [5, 5.41) is 8.73. The second-order valence-corrected chi connectivity index (χ2v) is 6.26. The van der Waals surface area contributed by atoms with Crippen LogP contribution in [0.3, 0.4) is 0 Å². The molecule has 0 heterocycles. The minimum Gasteiger partial charge on any atom is -0.460 e. The van der Waals surface area contributed by atoms with Gasteiger partial charge in [-0.3, -0.25) is 4.79 Å². The van der Waals surface area contributed by atoms with E-state index in [1.54, 1.807) is 0 Å². The Kier molecular flexibility index (Phi) is 5.17. The quantitative estimate of drug-likeness (QED) is 0.488. The third-order valence-corrected chi connectivity index (χ3v) is 4.43. The average Bonchev–Trinajstić information content (AvgIpc) is 3.05. The predicted octanol–water partition coefficient (Wildman–Crippen LogP) is 3.83. The standard InChI is InChI=1S/C16H14F6O3/c1-16(2)8(3-9(17)18)10(16)15(24)25-5-7-13(21)11(19)6(4-23)12(20)14(7)22/h3,8,10,23H,4-5H2,1-2H3/t8-,10+/m1/s1. The van der Waals surface area contributed by atoms with Gasteiger partial charge in [-0.15, -0.1) is 0 Å². The Morgan fingerprint density at radius 2 is 1.56 bits per heavy atom. The number of rotatable bonds is 5. The van der Waals surface area contributed by atoms with E-state index in [4.69, 9.17) is 5.11 Å². The molecule has 0 amide bonds. The monoisotopic (exact) mass is 368 g/mol. The molecule has 3 nitrogen and oxygen atoms in total. The van der Waals surface area contributed by atoms with Gasteiger partial charge < -0.3 is 9.84 Å². The molecule has 1 aromatic rings. The van der Waals surface area contributed by atoms with Crippen molar-refractivity contribution in [3.63, 3.8) is 0 Å². The first-order chi connectivity index (χ1) is 11.5. The molecule has 1 aliphatic carbocycles. The van der Waals surface area contributed by atoms with Crippen LogP contribution in [0.1, 0.15) is 25.0 Å². The molecule has 0 unspecified atom stereocenters. The molecule has 0 radical (unpaired) electrons. The zero-order valence-electron chi connectivity index (χ0n) is 13.2. The molecule has 138 valence electrons. The molecular formula is C16H14F6O3. The second-order valence-electron chi connectivity index (χ2n) is 6.26. The summed E-state index contributed by atoms with van der Waals surface area (Å²) in [6, 6.07) is 0. The zero-order valence-corrected chi connectivity index (χ0v) is 13.2. The third kappa shape index (κ3) is 3.37. The van der Waals surface area contributed by atoms with Crippen molar-refractivity contribution < 1.29 is 41.0 Å². The lowest BCUT2D eigenvalue weighted by atomic mass is 10.1. The van der Waals surface area contributed by atoms with Crippen molar-refractivity contribution in [2.45, 2.75) is 27.1 Å². The molecule has 9 heteroatoms. The molecule has 2 atom stereocenters. The zero-order chi connectivity index (χ0) is 19.1. The lowest BCUT2D eigenvalue weighted by Crippen LogP contribution is -2.14. The Labute approximate surface area is 138 Å². The van der Waals surface area contributed by atoms with Gasteiger partial charge in [0.25, 0.3) is 6.08 Å². The highest BCUT2D eigenvalue weighted by molar-refractivity contribution is 5.78. The van der Waals surface area contributed by atoms with Crippen molar-refractivity contribution in [3.8, 4) is 0 Å². The van der Waals surface area contributed by atoms with Gasteiger partial charge >= 0.3 is 5.97 Å². The van der Waals surface area contributed by atoms with E-state index in [1.807, 2.05) is 0 Å². The summed E-state index contributed by atoms with van der Waals surface area (Å²) in [6.45, 7) is 0.682. The van der Waals surface area contributed by atoms with Gasteiger partial charge in [0, 0.05) is 5.92 Å². The van der Waals surface area contributed by atoms with Crippen LogP contribution in [0.15, 0.2) is 12.2 Å². The van der Waals surface area contributed by atoms with E-state index in [0.717, 1.165) is 0 Å². The van der Waals surface area contributed by atoms with Gasteiger partial charge in [-0.25, -0.2) is 17.6 Å². The number of hydrogen-bond donors (Lipinski definition) is 1. The van der Waals surface area contributed by atoms with E-state index in [0.29, 0.717) is 6.08 Å². The average molecular weight is 368 g/mol. The first-order valence-corrected chi connectivity index (χ1v) is 7.18. The maximum atomic E-state index is 13.8. The fraction of sp³-hybridized carbons (Fsp3) is 0.438. The molecule has 0 saturated heterocycles. The summed E-state index contributed by atoms with van der Waals surface area (Å²) < 4.78 is 84.0. The number of carbonyl (C=O) groups excluding carboxylic acids is 1. The van der Waals surface area contributed by atoms with Crippen molar-refractivity contribution in [2.75, 3.05) is 0 Å². The molecule has 0 spiro atoms. The van der Waals surface area contributed by atoms with Crippen LogP contribution in [0.25, 0.3) is 0 Å². The van der Waals surface area contributed by atoms with E-state index in [2.05, 4.69) is 4.74 Å². The maximum absolute atomic E-state index is 13.8. The number of benzene rings is 1. The molecule has 0 bridgehead atoms. The smallest absolute Gasteiger partial charge is 0.310 e. The molecule has 1 saturated carbocycles. The normalized spacial score (nSPS) is 21.0. The topological polar surface area (TPSA) is 46.5 Å². The van der Waals surface area contributed by atoms with E-state index in [-0.39, 0.29) is 0 Å². The van der Waals surface area contributed by atoms with E-state index in [1.165, 1.54) is 13.8 Å². The fourth-order valence-electron chi connectivity index (χ4n) is 2.80. The van der Waals surface area contributed by atoms with Gasteiger partial charge in [0.1, 0.15) is 6.61 Å². The van der Waals surface area contributed by atoms with Crippen molar-refractivity contribution in [1.82, 2.24) is 0 Å². The molecule has 2 rings (SSSR count). The highest BCUT2D eigenvalue weighted by atomic mass is 19.3. The second kappa shape index (κ2) is 6.70. The Morgan fingerprint density at radius 1 is 1.08 bits per heavy atom. The number of aliphatic hydroxyl groups is 1. The largest absolute Gasteiger partial charge is 0.460 e. The summed E-state index contributed by atoms with van der Waals surface area (Å²) in [5.41, 5.74) is -3.19. The van der Waals surface area contributed by atoms with Crippen LogP contribution in [0, 0.1) is 40.5 Å². The molecule has 1 N–H and O–H groups in total. The number of aliphatic hydroxyl groups excluding tert-OH is 1. The van der Waals surface area contributed by atoms with Crippen LogP contribution < -0.4 is 0 Å². The molecule has 1 aliphatic rings. The van der Waals surface area contributed by atoms with Crippen LogP contribution in [0.5, 0.6) is 0 Å². The SMILES string of the molecule is CC1(C)[C@H](C=C(F)F)[C@H]1C(=O)OCc1c(F)c(F)c(CO)c(F)c1F. The molecule has 1 aromatic carbocycles. The Hall–Kier alpha value is -2.03. The molecule has 0 aliphatic heterocycles. The summed E-state index contributed by atoms with van der Waals surface area (Å²) in [6.07, 6.45) is -1.39. The molecule has 25 heavy (non-hydrogen) atoms. The number of ether oxygens (including phenoxy) is 1.